The van der Waals surface area contributed by atoms with Crippen LogP contribution in [0.4, 0.5) is 0 Å². The van der Waals surface area contributed by atoms with Gasteiger partial charge >= 0.3 is 17.9 Å². The fraction of sp³-hybridized carbons (Fsp3) is 0.817. The second kappa shape index (κ2) is 83.1. The number of carboxylic acids is 1. The number of carboxylic acid groups (broad SMARTS) is 1. The molecule has 0 rings (SSSR count). The van der Waals surface area contributed by atoms with Crippen LogP contribution in [0.3, 0.4) is 0 Å². The van der Waals surface area contributed by atoms with Gasteiger partial charge < -0.3 is 28.5 Å². The number of rotatable bonds is 83. The van der Waals surface area contributed by atoms with E-state index in [2.05, 4.69) is 98.9 Å². The highest BCUT2D eigenvalue weighted by atomic mass is 16.7. The predicted octanol–water partition coefficient (Wildman–Crippen LogP) is 28.9. The second-order valence-electron chi connectivity index (χ2n) is 31.2. The molecule has 594 valence electrons. The zero-order valence-corrected chi connectivity index (χ0v) is 68.3. The van der Waals surface area contributed by atoms with Crippen LogP contribution in [0.25, 0.3) is 0 Å². The summed E-state index contributed by atoms with van der Waals surface area (Å²) in [4.78, 5) is 37.8. The molecular weight excluding hydrogens is 1260 g/mol. The van der Waals surface area contributed by atoms with Gasteiger partial charge in [-0.1, -0.05) is 433 Å². The number of carbonyl (C=O) groups excluding carboxylic acids is 2. The van der Waals surface area contributed by atoms with Crippen LogP contribution in [0.5, 0.6) is 0 Å². The molecule has 0 aromatic rings. The quantitative estimate of drug-likeness (QED) is 0.0211. The summed E-state index contributed by atoms with van der Waals surface area (Å²) in [6, 6.07) is 0. The highest BCUT2D eigenvalue weighted by Crippen LogP contribution is 2.21. The Labute approximate surface area is 633 Å². The summed E-state index contributed by atoms with van der Waals surface area (Å²) >= 11 is 0. The summed E-state index contributed by atoms with van der Waals surface area (Å²) in [5.41, 5.74) is 0. The standard InChI is InChI=1S/C93H169NO8/c1-6-8-10-12-14-16-18-20-22-24-26-28-30-32-34-36-38-40-42-44-46-48-50-52-54-56-58-60-62-64-66-68-70-72-74-76-78-80-82-84-91(96)102-89(88-101-93(92(97)98)99-86-85-94(3,4)5)87-100-90(95)83-81-79-77-75-73-71-69-67-65-63-61-59-57-55-53-51-49-47-45-43-41-39-37-35-33-31-29-27-25-23-21-19-17-15-13-11-9-7-2/h8,10,14,16,20,22,26,28,32,34,38,40,44,46,89,93H,6-7,9,11-13,15,17-19,21,23-25,27,29-31,33,35-37,39,41-43,45,47-88H2,1-5H3/p+1/b10-8-,16-14-,22-20-,28-26-,34-32-,40-38-,46-44-. The fourth-order valence-corrected chi connectivity index (χ4v) is 13.2. The molecule has 0 bridgehead atoms. The lowest BCUT2D eigenvalue weighted by Crippen LogP contribution is -2.40. The van der Waals surface area contributed by atoms with Crippen molar-refractivity contribution in [2.45, 2.75) is 444 Å². The molecule has 0 fully saturated rings. The number of hydrogen-bond acceptors (Lipinski definition) is 7. The molecule has 9 heteroatoms. The van der Waals surface area contributed by atoms with Gasteiger partial charge in [-0.3, -0.25) is 9.59 Å². The smallest absolute Gasteiger partial charge is 0.361 e. The summed E-state index contributed by atoms with van der Waals surface area (Å²) in [5.74, 6) is -1.98. The molecule has 0 aliphatic carbocycles. The molecule has 0 heterocycles. The predicted molar refractivity (Wildman–Crippen MR) is 442 cm³/mol. The summed E-state index contributed by atoms with van der Waals surface area (Å²) in [5, 5.41) is 9.79. The molecule has 2 unspecified atom stereocenters. The van der Waals surface area contributed by atoms with Crippen molar-refractivity contribution in [2.75, 3.05) is 47.5 Å². The Morgan fingerprint density at radius 3 is 0.833 bits per heavy atom. The number of aliphatic carboxylic acids is 1. The number of likely N-dealkylation sites (N-methyl/N-ethyl adjacent to an activating group) is 1. The zero-order valence-electron chi connectivity index (χ0n) is 68.3. The van der Waals surface area contributed by atoms with Crippen LogP contribution >= 0.6 is 0 Å². The monoisotopic (exact) mass is 1430 g/mol. The average Bonchev–Trinajstić information content (AvgIpc) is 0.997. The van der Waals surface area contributed by atoms with E-state index in [1.54, 1.807) is 0 Å². The molecule has 1 N–H and O–H groups in total. The minimum atomic E-state index is -1.51. The molecule has 2 atom stereocenters. The molecule has 0 amide bonds. The third-order valence-electron chi connectivity index (χ3n) is 19.9. The molecule has 0 saturated heterocycles. The first kappa shape index (κ1) is 98.5. The summed E-state index contributed by atoms with van der Waals surface area (Å²) in [6.45, 7) is 4.83. The van der Waals surface area contributed by atoms with Crippen LogP contribution in [0.15, 0.2) is 85.1 Å². The van der Waals surface area contributed by atoms with Crippen molar-refractivity contribution in [3.05, 3.63) is 85.1 Å². The van der Waals surface area contributed by atoms with Gasteiger partial charge in [-0.05, 0) is 70.6 Å². The van der Waals surface area contributed by atoms with Gasteiger partial charge in [-0.2, -0.15) is 0 Å². The SMILES string of the molecule is CC/C=C\C/C=C\C/C=C\C/C=C\C/C=C\C/C=C\C/C=C\CCCCCCCCCCCCCCCCCCCC(=O)OC(COC(=O)CCCCCCCCCCCCCCCCCCCCCCCCCCCCCCCCCCCCCCCC)COC(OCC[N+](C)(C)C)C(=O)O. The van der Waals surface area contributed by atoms with E-state index in [9.17, 15) is 19.5 Å². The lowest BCUT2D eigenvalue weighted by molar-refractivity contribution is -0.870. The van der Waals surface area contributed by atoms with Gasteiger partial charge in [-0.25, -0.2) is 4.79 Å². The van der Waals surface area contributed by atoms with Crippen LogP contribution in [-0.4, -0.2) is 87.4 Å². The molecule has 0 saturated carbocycles. The normalized spacial score (nSPS) is 13.0. The Balaban J connectivity index is 3.94. The number of quaternary nitrogens is 1. The minimum Gasteiger partial charge on any atom is -0.477 e. The number of esters is 2. The first-order valence-electron chi connectivity index (χ1n) is 44.3. The Morgan fingerprint density at radius 1 is 0.304 bits per heavy atom. The summed E-state index contributed by atoms with van der Waals surface area (Å²) in [6.07, 6.45) is 112. The van der Waals surface area contributed by atoms with Crippen molar-refractivity contribution in [3.8, 4) is 0 Å². The molecule has 0 spiro atoms. The Hall–Kier alpha value is -3.53. The van der Waals surface area contributed by atoms with Crippen LogP contribution in [0, 0.1) is 0 Å². The maximum absolute atomic E-state index is 13.0. The molecule has 0 radical (unpaired) electrons. The van der Waals surface area contributed by atoms with Crippen LogP contribution in [0.2, 0.25) is 0 Å². The molecule has 102 heavy (non-hydrogen) atoms. The van der Waals surface area contributed by atoms with Gasteiger partial charge in [0.1, 0.15) is 13.2 Å². The van der Waals surface area contributed by atoms with Crippen molar-refractivity contribution in [1.82, 2.24) is 0 Å². The van der Waals surface area contributed by atoms with Gasteiger partial charge in [0.25, 0.3) is 6.29 Å². The molecule has 9 nitrogen and oxygen atoms in total. The minimum absolute atomic E-state index is 0.178. The lowest BCUT2D eigenvalue weighted by Gasteiger charge is -2.25. The van der Waals surface area contributed by atoms with E-state index in [1.165, 1.54) is 321 Å². The van der Waals surface area contributed by atoms with E-state index in [1.807, 2.05) is 21.1 Å². The Kier molecular flexibility index (Phi) is 80.2. The second-order valence-corrected chi connectivity index (χ2v) is 31.2. The van der Waals surface area contributed by atoms with E-state index in [-0.39, 0.29) is 38.2 Å². The van der Waals surface area contributed by atoms with Crippen LogP contribution in [0.1, 0.15) is 431 Å². The van der Waals surface area contributed by atoms with Crippen molar-refractivity contribution in [3.63, 3.8) is 0 Å². The van der Waals surface area contributed by atoms with Gasteiger partial charge in [0.15, 0.2) is 6.10 Å². The maximum Gasteiger partial charge on any atom is 0.361 e. The van der Waals surface area contributed by atoms with Crippen LogP contribution in [-0.2, 0) is 33.3 Å². The van der Waals surface area contributed by atoms with E-state index >= 15 is 0 Å². The van der Waals surface area contributed by atoms with E-state index in [4.69, 9.17) is 18.9 Å². The number of nitrogens with zero attached hydrogens (tertiary/aromatic N) is 1. The number of unbranched alkanes of at least 4 members (excludes halogenated alkanes) is 54. The highest BCUT2D eigenvalue weighted by molar-refractivity contribution is 5.71. The molecule has 0 aliphatic heterocycles. The van der Waals surface area contributed by atoms with E-state index in [0.29, 0.717) is 17.4 Å². The molecule has 0 aromatic heterocycles. The van der Waals surface area contributed by atoms with Gasteiger partial charge in [0.05, 0.1) is 34.4 Å². The average molecular weight is 1430 g/mol. The number of allylic oxidation sites excluding steroid dienone is 14. The van der Waals surface area contributed by atoms with E-state index in [0.717, 1.165) is 83.5 Å². The number of hydrogen-bond donors (Lipinski definition) is 1. The first-order chi connectivity index (χ1) is 50.1. The molecule has 0 aromatic carbocycles. The van der Waals surface area contributed by atoms with Crippen LogP contribution < -0.4 is 0 Å². The summed E-state index contributed by atoms with van der Waals surface area (Å²) < 4.78 is 23.1. The maximum atomic E-state index is 13.0. The first-order valence-corrected chi connectivity index (χ1v) is 44.3. The number of ether oxygens (including phenoxy) is 4. The molecular formula is C93H170NO8+. The Bertz CT molecular complexity index is 1960. The zero-order chi connectivity index (χ0) is 73.9. The van der Waals surface area contributed by atoms with E-state index < -0.39 is 18.4 Å². The molecule has 0 aliphatic rings. The van der Waals surface area contributed by atoms with Gasteiger partial charge in [0, 0.05) is 12.8 Å². The fourth-order valence-electron chi connectivity index (χ4n) is 13.2. The van der Waals surface area contributed by atoms with Crippen molar-refractivity contribution >= 4 is 17.9 Å². The third-order valence-corrected chi connectivity index (χ3v) is 19.9. The van der Waals surface area contributed by atoms with Gasteiger partial charge in [-0.15, -0.1) is 0 Å². The Morgan fingerprint density at radius 2 is 0.559 bits per heavy atom. The number of carbonyl (C=O) groups is 3. The van der Waals surface area contributed by atoms with Gasteiger partial charge in [0.2, 0.25) is 0 Å². The van der Waals surface area contributed by atoms with Crippen molar-refractivity contribution in [2.24, 2.45) is 0 Å². The van der Waals surface area contributed by atoms with Crippen molar-refractivity contribution < 1.29 is 42.9 Å². The topological polar surface area (TPSA) is 108 Å². The summed E-state index contributed by atoms with van der Waals surface area (Å²) in [7, 11) is 6.00. The third kappa shape index (κ3) is 83.7. The lowest BCUT2D eigenvalue weighted by atomic mass is 10.0. The highest BCUT2D eigenvalue weighted by Gasteiger charge is 2.25. The largest absolute Gasteiger partial charge is 0.477 e. The van der Waals surface area contributed by atoms with Crippen molar-refractivity contribution in [1.29, 1.82) is 0 Å².